The van der Waals surface area contributed by atoms with E-state index < -0.39 is 18.4 Å². The summed E-state index contributed by atoms with van der Waals surface area (Å²) in [5.74, 6) is 0. The van der Waals surface area contributed by atoms with Crippen LogP contribution in [0.1, 0.15) is 11.1 Å². The van der Waals surface area contributed by atoms with Gasteiger partial charge in [0, 0.05) is 45.1 Å². The van der Waals surface area contributed by atoms with E-state index in [0.29, 0.717) is 11.4 Å². The molecule has 1 aliphatic heterocycles. The van der Waals surface area contributed by atoms with Crippen molar-refractivity contribution in [3.05, 3.63) is 53.9 Å². The fraction of sp³-hybridized carbons (Fsp3) is 0.450. The second-order valence-corrected chi connectivity index (χ2v) is 7.18. The molecule has 0 spiro atoms. The van der Waals surface area contributed by atoms with E-state index >= 15 is 0 Å². The fourth-order valence-electron chi connectivity index (χ4n) is 3.61. The van der Waals surface area contributed by atoms with Gasteiger partial charge in [-0.1, -0.05) is 24.3 Å². The van der Waals surface area contributed by atoms with E-state index in [1.165, 1.54) is 0 Å². The Morgan fingerprint density at radius 3 is 2.10 bits per heavy atom. The molecule has 1 fully saturated rings. The van der Waals surface area contributed by atoms with Crippen LogP contribution in [0, 0.1) is 6.92 Å². The van der Waals surface area contributed by atoms with E-state index in [1.807, 2.05) is 42.2 Å². The summed E-state index contributed by atoms with van der Waals surface area (Å²) in [6.45, 7) is 2.15. The van der Waals surface area contributed by atoms with Crippen molar-refractivity contribution in [1.82, 2.24) is 14.8 Å². The third-order valence-corrected chi connectivity index (χ3v) is 5.12. The molecule has 0 aliphatic carbocycles. The number of rotatable bonds is 4. The summed E-state index contributed by atoms with van der Waals surface area (Å²) in [6.07, 6.45) is -7.23. The molecule has 3 nitrogen and oxygen atoms in total. The molecule has 2 aromatic rings. The molecule has 29 heavy (non-hydrogen) atoms. The van der Waals surface area contributed by atoms with Crippen molar-refractivity contribution in [1.29, 1.82) is 0 Å². The SMILES string of the molecule is Cc1cc(-c2cccnc2)ccc1CN1CCN(C(C(F)(F)F)C(F)(F)F)CC1. The number of piperazine rings is 1. The highest BCUT2D eigenvalue weighted by Gasteiger charge is 2.59. The lowest BCUT2D eigenvalue weighted by atomic mass is 10.0. The van der Waals surface area contributed by atoms with Gasteiger partial charge in [0.25, 0.3) is 0 Å². The average molecular weight is 417 g/mol. The Hall–Kier alpha value is -2.13. The number of aryl methyl sites for hydroxylation is 1. The average Bonchev–Trinajstić information content (AvgIpc) is 2.63. The van der Waals surface area contributed by atoms with E-state index in [9.17, 15) is 26.3 Å². The van der Waals surface area contributed by atoms with E-state index in [1.54, 1.807) is 12.4 Å². The maximum atomic E-state index is 12.9. The van der Waals surface area contributed by atoms with Gasteiger partial charge in [-0.05, 0) is 35.2 Å². The number of pyridine rings is 1. The van der Waals surface area contributed by atoms with Crippen molar-refractivity contribution >= 4 is 0 Å². The fourth-order valence-corrected chi connectivity index (χ4v) is 3.61. The van der Waals surface area contributed by atoms with Crippen LogP contribution in [0.4, 0.5) is 26.3 Å². The van der Waals surface area contributed by atoms with Gasteiger partial charge in [-0.3, -0.25) is 14.8 Å². The Morgan fingerprint density at radius 2 is 1.59 bits per heavy atom. The normalized spacial score (nSPS) is 17.1. The molecule has 1 aromatic carbocycles. The van der Waals surface area contributed by atoms with Gasteiger partial charge in [-0.25, -0.2) is 0 Å². The van der Waals surface area contributed by atoms with Crippen molar-refractivity contribution in [3.8, 4) is 11.1 Å². The van der Waals surface area contributed by atoms with Crippen molar-refractivity contribution < 1.29 is 26.3 Å². The van der Waals surface area contributed by atoms with Crippen molar-refractivity contribution in [2.45, 2.75) is 31.9 Å². The molecule has 3 rings (SSSR count). The topological polar surface area (TPSA) is 19.4 Å². The van der Waals surface area contributed by atoms with Crippen molar-refractivity contribution in [3.63, 3.8) is 0 Å². The molecule has 1 saturated heterocycles. The molecule has 0 atom stereocenters. The van der Waals surface area contributed by atoms with Gasteiger partial charge in [0.05, 0.1) is 0 Å². The third-order valence-electron chi connectivity index (χ3n) is 5.12. The zero-order valence-electron chi connectivity index (χ0n) is 15.8. The number of nitrogens with zero attached hydrogens (tertiary/aromatic N) is 3. The molecule has 0 saturated carbocycles. The van der Waals surface area contributed by atoms with E-state index in [2.05, 4.69) is 4.98 Å². The lowest BCUT2D eigenvalue weighted by molar-refractivity contribution is -0.289. The Morgan fingerprint density at radius 1 is 0.931 bits per heavy atom. The molecule has 0 radical (unpaired) electrons. The Bertz CT molecular complexity index is 797. The van der Waals surface area contributed by atoms with E-state index in [0.717, 1.165) is 22.3 Å². The molecular weight excluding hydrogens is 396 g/mol. The molecule has 2 heterocycles. The van der Waals surface area contributed by atoms with Gasteiger partial charge < -0.3 is 0 Å². The first-order valence-electron chi connectivity index (χ1n) is 9.15. The zero-order valence-corrected chi connectivity index (χ0v) is 15.8. The van der Waals surface area contributed by atoms with Crippen LogP contribution < -0.4 is 0 Å². The van der Waals surface area contributed by atoms with Crippen LogP contribution in [0.3, 0.4) is 0 Å². The second-order valence-electron chi connectivity index (χ2n) is 7.18. The standard InChI is InChI=1S/C20H21F6N3/c1-14-11-15(16-3-2-6-27-12-16)4-5-17(14)13-28-7-9-29(10-8-28)18(19(21,22)23)20(24,25)26/h2-6,11-12,18H,7-10,13H2,1H3. The summed E-state index contributed by atoms with van der Waals surface area (Å²) in [5.41, 5.74) is 3.98. The molecule has 9 heteroatoms. The van der Waals surface area contributed by atoms with Gasteiger partial charge in [-0.2, -0.15) is 26.3 Å². The number of hydrogen-bond donors (Lipinski definition) is 0. The van der Waals surface area contributed by atoms with E-state index in [-0.39, 0.29) is 26.2 Å². The monoisotopic (exact) mass is 417 g/mol. The van der Waals surface area contributed by atoms with Crippen LogP contribution in [-0.2, 0) is 6.54 Å². The summed E-state index contributed by atoms with van der Waals surface area (Å²) in [4.78, 5) is 6.45. The van der Waals surface area contributed by atoms with Gasteiger partial charge in [0.15, 0.2) is 0 Å². The first-order chi connectivity index (χ1) is 13.6. The molecule has 0 unspecified atom stereocenters. The lowest BCUT2D eigenvalue weighted by Crippen LogP contribution is -2.60. The maximum absolute atomic E-state index is 12.9. The number of aromatic nitrogens is 1. The molecule has 0 amide bonds. The molecule has 158 valence electrons. The van der Waals surface area contributed by atoms with Crippen molar-refractivity contribution in [2.75, 3.05) is 26.2 Å². The number of hydrogen-bond acceptors (Lipinski definition) is 3. The summed E-state index contributed by atoms with van der Waals surface area (Å²) < 4.78 is 77.4. The highest BCUT2D eigenvalue weighted by atomic mass is 19.4. The number of benzene rings is 1. The van der Waals surface area contributed by atoms with Crippen LogP contribution in [0.15, 0.2) is 42.7 Å². The highest BCUT2D eigenvalue weighted by Crippen LogP contribution is 2.37. The quantitative estimate of drug-likeness (QED) is 0.675. The van der Waals surface area contributed by atoms with Crippen molar-refractivity contribution in [2.24, 2.45) is 0 Å². The summed E-state index contributed by atoms with van der Waals surface area (Å²) in [7, 11) is 0. The van der Waals surface area contributed by atoms with Crippen LogP contribution in [0.25, 0.3) is 11.1 Å². The Balaban J connectivity index is 1.64. The second kappa shape index (κ2) is 8.31. The summed E-state index contributed by atoms with van der Waals surface area (Å²) in [6, 6.07) is 6.27. The van der Waals surface area contributed by atoms with Gasteiger partial charge in [0.2, 0.25) is 6.04 Å². The smallest absolute Gasteiger partial charge is 0.297 e. The number of halogens is 6. The Labute approximate surface area is 164 Å². The zero-order chi connectivity index (χ0) is 21.2. The molecule has 0 bridgehead atoms. The van der Waals surface area contributed by atoms with Gasteiger partial charge >= 0.3 is 12.4 Å². The number of alkyl halides is 6. The first kappa shape index (κ1) is 21.6. The van der Waals surface area contributed by atoms with Crippen LogP contribution in [0.2, 0.25) is 0 Å². The minimum absolute atomic E-state index is 0.145. The molecule has 0 N–H and O–H groups in total. The highest BCUT2D eigenvalue weighted by molar-refractivity contribution is 5.63. The summed E-state index contributed by atoms with van der Waals surface area (Å²) >= 11 is 0. The van der Waals surface area contributed by atoms with Gasteiger partial charge in [-0.15, -0.1) is 0 Å². The van der Waals surface area contributed by atoms with Crippen LogP contribution >= 0.6 is 0 Å². The largest absolute Gasteiger partial charge is 0.412 e. The lowest BCUT2D eigenvalue weighted by Gasteiger charge is -2.40. The molecule has 1 aromatic heterocycles. The molecular formula is C20H21F6N3. The van der Waals surface area contributed by atoms with Crippen LogP contribution in [-0.4, -0.2) is 59.4 Å². The first-order valence-corrected chi connectivity index (χ1v) is 9.15. The van der Waals surface area contributed by atoms with Gasteiger partial charge in [0.1, 0.15) is 0 Å². The minimum atomic E-state index is -5.33. The third kappa shape index (κ3) is 5.27. The minimum Gasteiger partial charge on any atom is -0.297 e. The predicted octanol–water partition coefficient (Wildman–Crippen LogP) is 4.67. The van der Waals surface area contributed by atoms with Crippen LogP contribution in [0.5, 0.6) is 0 Å². The molecule has 1 aliphatic rings. The summed E-state index contributed by atoms with van der Waals surface area (Å²) in [5, 5.41) is 0. The maximum Gasteiger partial charge on any atom is 0.412 e. The Kier molecular flexibility index (Phi) is 6.19. The predicted molar refractivity (Wildman–Crippen MR) is 97.2 cm³/mol. The van der Waals surface area contributed by atoms with E-state index in [4.69, 9.17) is 0 Å².